The van der Waals surface area contributed by atoms with Crippen LogP contribution in [-0.2, 0) is 5.60 Å². The lowest BCUT2D eigenvalue weighted by Gasteiger charge is -2.16. The first-order valence-corrected chi connectivity index (χ1v) is 5.32. The van der Waals surface area contributed by atoms with E-state index in [0.717, 1.165) is 12.0 Å². The molecule has 82 valence electrons. The highest BCUT2D eigenvalue weighted by Gasteiger charge is 2.18. The highest BCUT2D eigenvalue weighted by Crippen LogP contribution is 2.18. The summed E-state index contributed by atoms with van der Waals surface area (Å²) in [7, 11) is 0. The monoisotopic (exact) mass is 213 g/mol. The summed E-state index contributed by atoms with van der Waals surface area (Å²) in [6.07, 6.45) is 1.92. The van der Waals surface area contributed by atoms with Crippen molar-refractivity contribution in [2.75, 3.05) is 0 Å². The molecule has 0 aliphatic rings. The third-order valence-electron chi connectivity index (χ3n) is 2.26. The van der Waals surface area contributed by atoms with E-state index >= 15 is 0 Å². The zero-order valence-electron chi connectivity index (χ0n) is 9.40. The molecule has 0 aromatic heterocycles. The maximum absolute atomic E-state index is 10.1. The first-order valence-electron chi connectivity index (χ1n) is 5.32. The molecule has 0 saturated carbocycles. The van der Waals surface area contributed by atoms with E-state index in [1.165, 1.54) is 0 Å². The van der Waals surface area contributed by atoms with Crippen LogP contribution in [0.25, 0.3) is 0 Å². The molecule has 1 N–H and O–H groups in total. The van der Waals surface area contributed by atoms with Crippen LogP contribution in [0, 0.1) is 23.2 Å². The molecule has 2 nitrogen and oxygen atoms in total. The van der Waals surface area contributed by atoms with Gasteiger partial charge in [0, 0.05) is 12.8 Å². The molecular weight excluding hydrogens is 198 g/mol. The molecule has 1 aromatic carbocycles. The lowest BCUT2D eigenvalue weighted by atomic mass is 9.96. The number of hydrogen-bond donors (Lipinski definition) is 1. The van der Waals surface area contributed by atoms with Crippen LogP contribution >= 0.6 is 0 Å². The summed E-state index contributed by atoms with van der Waals surface area (Å²) in [5.41, 5.74) is -0.309. The Morgan fingerprint density at radius 1 is 1.25 bits per heavy atom. The van der Waals surface area contributed by atoms with Crippen molar-refractivity contribution < 1.29 is 5.11 Å². The van der Waals surface area contributed by atoms with Gasteiger partial charge in [-0.25, -0.2) is 0 Å². The maximum atomic E-state index is 10.1. The van der Waals surface area contributed by atoms with Crippen LogP contribution in [-0.4, -0.2) is 5.11 Å². The Bertz CT molecular complexity index is 418. The molecule has 0 amide bonds. The van der Waals surface area contributed by atoms with Crippen LogP contribution in [0.5, 0.6) is 0 Å². The third kappa shape index (κ3) is 3.77. The average Bonchev–Trinajstić information content (AvgIpc) is 2.30. The quantitative estimate of drug-likeness (QED) is 0.619. The summed E-state index contributed by atoms with van der Waals surface area (Å²) >= 11 is 0. The van der Waals surface area contributed by atoms with E-state index in [9.17, 15) is 5.11 Å². The van der Waals surface area contributed by atoms with Gasteiger partial charge in [-0.15, -0.1) is 0 Å². The van der Waals surface area contributed by atoms with Crippen molar-refractivity contribution in [1.29, 1.82) is 5.26 Å². The van der Waals surface area contributed by atoms with Gasteiger partial charge < -0.3 is 5.11 Å². The van der Waals surface area contributed by atoms with Gasteiger partial charge in [0.25, 0.3) is 0 Å². The van der Waals surface area contributed by atoms with E-state index in [0.29, 0.717) is 12.8 Å². The Morgan fingerprint density at radius 2 is 1.94 bits per heavy atom. The van der Waals surface area contributed by atoms with Crippen LogP contribution in [0.1, 0.15) is 31.7 Å². The van der Waals surface area contributed by atoms with Crippen LogP contribution < -0.4 is 0 Å². The average molecular weight is 213 g/mol. The second-order valence-corrected chi connectivity index (χ2v) is 3.75. The molecule has 0 saturated heterocycles. The minimum absolute atomic E-state index is 0.516. The number of hydrogen-bond acceptors (Lipinski definition) is 2. The van der Waals surface area contributed by atoms with Crippen LogP contribution in [0.15, 0.2) is 30.3 Å². The van der Waals surface area contributed by atoms with Gasteiger partial charge in [0.1, 0.15) is 5.60 Å². The van der Waals surface area contributed by atoms with E-state index in [4.69, 9.17) is 5.26 Å². The Labute approximate surface area is 96.5 Å². The third-order valence-corrected chi connectivity index (χ3v) is 2.26. The van der Waals surface area contributed by atoms with Gasteiger partial charge in [-0.2, -0.15) is 5.26 Å². The van der Waals surface area contributed by atoms with Gasteiger partial charge in [0.15, 0.2) is 0 Å². The predicted molar refractivity (Wildman–Crippen MR) is 63.3 cm³/mol. The number of nitrogens with zero attached hydrogens (tertiary/aromatic N) is 1. The standard InChI is InChI=1S/C14H15NO/c1-14(16,11-7-2-3-8-12-15)13-9-5-4-6-10-13/h4-6,9-10,16H,2-3,8H2,1H3. The van der Waals surface area contributed by atoms with Crippen molar-refractivity contribution in [1.82, 2.24) is 0 Å². The molecule has 1 aromatic rings. The van der Waals surface area contributed by atoms with Crippen LogP contribution in [0.4, 0.5) is 0 Å². The highest BCUT2D eigenvalue weighted by atomic mass is 16.3. The fraction of sp³-hybridized carbons (Fsp3) is 0.357. The van der Waals surface area contributed by atoms with Crippen molar-refractivity contribution in [2.45, 2.75) is 31.8 Å². The lowest BCUT2D eigenvalue weighted by Crippen LogP contribution is -2.18. The SMILES string of the molecule is CC(O)(C#CCCCC#N)c1ccccc1. The van der Waals surface area contributed by atoms with E-state index in [1.54, 1.807) is 6.92 Å². The molecule has 0 bridgehead atoms. The molecular formula is C14H15NO. The largest absolute Gasteiger partial charge is 0.374 e. The van der Waals surface area contributed by atoms with Crippen LogP contribution in [0.3, 0.4) is 0 Å². The first-order chi connectivity index (χ1) is 7.67. The molecule has 0 aliphatic heterocycles. The minimum Gasteiger partial charge on any atom is -0.374 e. The zero-order valence-corrected chi connectivity index (χ0v) is 9.40. The lowest BCUT2D eigenvalue weighted by molar-refractivity contribution is 0.122. The maximum Gasteiger partial charge on any atom is 0.148 e. The normalized spacial score (nSPS) is 13.1. The summed E-state index contributed by atoms with van der Waals surface area (Å²) in [6.45, 7) is 1.68. The topological polar surface area (TPSA) is 44.0 Å². The molecule has 1 rings (SSSR count). The summed E-state index contributed by atoms with van der Waals surface area (Å²) < 4.78 is 0. The fourth-order valence-corrected chi connectivity index (χ4v) is 1.33. The molecule has 0 heterocycles. The molecule has 0 radical (unpaired) electrons. The molecule has 1 unspecified atom stereocenters. The van der Waals surface area contributed by atoms with E-state index in [1.807, 2.05) is 30.3 Å². The number of rotatable bonds is 3. The van der Waals surface area contributed by atoms with Crippen molar-refractivity contribution in [3.05, 3.63) is 35.9 Å². The number of nitriles is 1. The summed E-state index contributed by atoms with van der Waals surface area (Å²) in [5.74, 6) is 5.74. The van der Waals surface area contributed by atoms with Gasteiger partial charge in [-0.3, -0.25) is 0 Å². The van der Waals surface area contributed by atoms with Crippen molar-refractivity contribution in [3.63, 3.8) is 0 Å². The van der Waals surface area contributed by atoms with Gasteiger partial charge >= 0.3 is 0 Å². The van der Waals surface area contributed by atoms with Crippen molar-refractivity contribution in [2.24, 2.45) is 0 Å². The summed E-state index contributed by atoms with van der Waals surface area (Å²) in [5, 5.41) is 18.5. The predicted octanol–water partition coefficient (Wildman–Crippen LogP) is 2.59. The van der Waals surface area contributed by atoms with Gasteiger partial charge in [0.05, 0.1) is 6.07 Å². The fourth-order valence-electron chi connectivity index (χ4n) is 1.33. The molecule has 0 aliphatic carbocycles. The zero-order chi connectivity index (χ0) is 11.9. The second kappa shape index (κ2) is 5.95. The molecule has 0 spiro atoms. The molecule has 16 heavy (non-hydrogen) atoms. The van der Waals surface area contributed by atoms with Crippen LogP contribution in [0.2, 0.25) is 0 Å². The number of benzene rings is 1. The van der Waals surface area contributed by atoms with Gasteiger partial charge in [-0.1, -0.05) is 42.2 Å². The summed E-state index contributed by atoms with van der Waals surface area (Å²) in [4.78, 5) is 0. The Balaban J connectivity index is 2.62. The molecule has 1 atom stereocenters. The van der Waals surface area contributed by atoms with E-state index in [-0.39, 0.29) is 0 Å². The van der Waals surface area contributed by atoms with E-state index in [2.05, 4.69) is 17.9 Å². The van der Waals surface area contributed by atoms with E-state index < -0.39 is 5.60 Å². The number of aliphatic hydroxyl groups is 1. The summed E-state index contributed by atoms with van der Waals surface area (Å²) in [6, 6.07) is 11.4. The Hall–Kier alpha value is -1.77. The van der Waals surface area contributed by atoms with Gasteiger partial charge in [0.2, 0.25) is 0 Å². The molecule has 0 fully saturated rings. The first kappa shape index (κ1) is 12.3. The van der Waals surface area contributed by atoms with Gasteiger partial charge in [-0.05, 0) is 18.9 Å². The number of unbranched alkanes of at least 4 members (excludes halogenated alkanes) is 2. The molecule has 2 heteroatoms. The van der Waals surface area contributed by atoms with Crippen molar-refractivity contribution in [3.8, 4) is 17.9 Å². The van der Waals surface area contributed by atoms with Crippen molar-refractivity contribution >= 4 is 0 Å². The smallest absolute Gasteiger partial charge is 0.148 e. The minimum atomic E-state index is -1.10. The highest BCUT2D eigenvalue weighted by molar-refractivity contribution is 5.30. The Morgan fingerprint density at radius 3 is 2.56 bits per heavy atom. The second-order valence-electron chi connectivity index (χ2n) is 3.75. The Kier molecular flexibility index (Phi) is 4.58.